The van der Waals surface area contributed by atoms with Gasteiger partial charge in [0.2, 0.25) is 10.0 Å². The van der Waals surface area contributed by atoms with Crippen LogP contribution in [0.1, 0.15) is 17.3 Å². The molecule has 0 aliphatic rings. The van der Waals surface area contributed by atoms with Gasteiger partial charge in [-0.15, -0.1) is 0 Å². The van der Waals surface area contributed by atoms with Crippen LogP contribution >= 0.6 is 0 Å². The number of sulfonamides is 1. The average Bonchev–Trinajstić information content (AvgIpc) is 2.68. The summed E-state index contributed by atoms with van der Waals surface area (Å²) < 4.78 is 36.0. The standard InChI is InChI=1S/C19H23N3O6S/c1-3-20-29(25,26)17-9-7-14(8-10-17)18(23)21-15-5-4-6-16(13-15)22-19(24)28-12-11-27-2/h4-10,13,20H,3,11-12H2,1-2H3,(H,21,23)(H,22,24). The van der Waals surface area contributed by atoms with Crippen molar-refractivity contribution in [3.8, 4) is 0 Å². The molecule has 3 N–H and O–H groups in total. The number of ether oxygens (including phenoxy) is 2. The van der Waals surface area contributed by atoms with E-state index >= 15 is 0 Å². The second kappa shape index (κ2) is 10.6. The number of benzene rings is 2. The molecule has 10 heteroatoms. The van der Waals surface area contributed by atoms with Crippen LogP contribution in [0.4, 0.5) is 16.2 Å². The molecular weight excluding hydrogens is 398 g/mol. The summed E-state index contributed by atoms with van der Waals surface area (Å²) in [4.78, 5) is 24.2. The maximum absolute atomic E-state index is 12.4. The van der Waals surface area contributed by atoms with E-state index in [1.54, 1.807) is 31.2 Å². The van der Waals surface area contributed by atoms with Gasteiger partial charge in [-0.3, -0.25) is 10.1 Å². The van der Waals surface area contributed by atoms with Crippen molar-refractivity contribution in [3.05, 3.63) is 54.1 Å². The minimum Gasteiger partial charge on any atom is -0.447 e. The molecule has 0 saturated heterocycles. The minimum atomic E-state index is -3.58. The topological polar surface area (TPSA) is 123 Å². The van der Waals surface area contributed by atoms with E-state index in [-0.39, 0.29) is 30.2 Å². The first-order valence-electron chi connectivity index (χ1n) is 8.79. The summed E-state index contributed by atoms with van der Waals surface area (Å²) in [6.45, 7) is 2.37. The fourth-order valence-electron chi connectivity index (χ4n) is 2.31. The lowest BCUT2D eigenvalue weighted by Gasteiger charge is -2.10. The summed E-state index contributed by atoms with van der Waals surface area (Å²) in [6, 6.07) is 12.1. The van der Waals surface area contributed by atoms with E-state index in [9.17, 15) is 18.0 Å². The highest BCUT2D eigenvalue weighted by Crippen LogP contribution is 2.17. The molecule has 2 aromatic rings. The second-order valence-corrected chi connectivity index (χ2v) is 7.58. The molecule has 0 bridgehead atoms. The molecule has 2 aromatic carbocycles. The number of carbonyl (C=O) groups is 2. The van der Waals surface area contributed by atoms with E-state index in [1.165, 1.54) is 31.4 Å². The smallest absolute Gasteiger partial charge is 0.411 e. The van der Waals surface area contributed by atoms with Crippen molar-refractivity contribution in [1.82, 2.24) is 4.72 Å². The van der Waals surface area contributed by atoms with Crippen molar-refractivity contribution in [2.24, 2.45) is 0 Å². The van der Waals surface area contributed by atoms with Gasteiger partial charge in [0.15, 0.2) is 0 Å². The first-order chi connectivity index (χ1) is 13.9. The highest BCUT2D eigenvalue weighted by atomic mass is 32.2. The summed E-state index contributed by atoms with van der Waals surface area (Å²) in [6.07, 6.45) is -0.636. The molecule has 0 unspecified atom stereocenters. The molecule has 29 heavy (non-hydrogen) atoms. The van der Waals surface area contributed by atoms with Crippen molar-refractivity contribution < 1.29 is 27.5 Å². The number of carbonyl (C=O) groups excluding carboxylic acids is 2. The molecule has 2 rings (SSSR count). The van der Waals surface area contributed by atoms with E-state index in [2.05, 4.69) is 15.4 Å². The van der Waals surface area contributed by atoms with Gasteiger partial charge in [-0.25, -0.2) is 17.9 Å². The van der Waals surface area contributed by atoms with Gasteiger partial charge in [-0.1, -0.05) is 13.0 Å². The third kappa shape index (κ3) is 6.86. The number of nitrogens with one attached hydrogen (secondary N) is 3. The number of hydrogen-bond donors (Lipinski definition) is 3. The monoisotopic (exact) mass is 421 g/mol. The van der Waals surface area contributed by atoms with Crippen LogP contribution in [0.3, 0.4) is 0 Å². The Hall–Kier alpha value is -2.95. The summed E-state index contributed by atoms with van der Waals surface area (Å²) in [5.74, 6) is -0.419. The lowest BCUT2D eigenvalue weighted by molar-refractivity contribution is 0.102. The zero-order valence-corrected chi connectivity index (χ0v) is 16.9. The Kier molecular flexibility index (Phi) is 8.13. The van der Waals surface area contributed by atoms with Crippen molar-refractivity contribution in [2.45, 2.75) is 11.8 Å². The van der Waals surface area contributed by atoms with Gasteiger partial charge in [0.05, 0.1) is 11.5 Å². The zero-order chi connectivity index (χ0) is 21.3. The van der Waals surface area contributed by atoms with Gasteiger partial charge in [-0.2, -0.15) is 0 Å². The molecule has 0 heterocycles. The Balaban J connectivity index is 2.01. The van der Waals surface area contributed by atoms with Gasteiger partial charge >= 0.3 is 6.09 Å². The van der Waals surface area contributed by atoms with E-state index < -0.39 is 22.0 Å². The normalized spacial score (nSPS) is 11.0. The Bertz CT molecular complexity index is 945. The Morgan fingerprint density at radius 3 is 2.24 bits per heavy atom. The SMILES string of the molecule is CCNS(=O)(=O)c1ccc(C(=O)Nc2cccc(NC(=O)OCCOC)c2)cc1. The maximum Gasteiger partial charge on any atom is 0.411 e. The third-order valence-corrected chi connectivity index (χ3v) is 5.21. The number of rotatable bonds is 9. The van der Waals surface area contributed by atoms with Crippen LogP contribution in [0.2, 0.25) is 0 Å². The number of hydrogen-bond acceptors (Lipinski definition) is 6. The fraction of sp³-hybridized carbons (Fsp3) is 0.263. The van der Waals surface area contributed by atoms with Crippen molar-refractivity contribution in [3.63, 3.8) is 0 Å². The van der Waals surface area contributed by atoms with E-state index in [0.717, 1.165) is 0 Å². The van der Waals surface area contributed by atoms with E-state index in [4.69, 9.17) is 9.47 Å². The first-order valence-corrected chi connectivity index (χ1v) is 10.3. The number of anilines is 2. The number of methoxy groups -OCH3 is 1. The van der Waals surface area contributed by atoms with Gasteiger partial charge in [0.25, 0.3) is 5.91 Å². The van der Waals surface area contributed by atoms with Gasteiger partial charge < -0.3 is 14.8 Å². The molecule has 2 amide bonds. The molecule has 0 saturated carbocycles. The Morgan fingerprint density at radius 1 is 0.966 bits per heavy atom. The molecule has 0 aliphatic heterocycles. The van der Waals surface area contributed by atoms with Crippen LogP contribution in [0.25, 0.3) is 0 Å². The second-order valence-electron chi connectivity index (χ2n) is 5.81. The lowest BCUT2D eigenvalue weighted by Crippen LogP contribution is -2.23. The fourth-order valence-corrected chi connectivity index (χ4v) is 3.35. The summed E-state index contributed by atoms with van der Waals surface area (Å²) in [5, 5.41) is 5.24. The van der Waals surface area contributed by atoms with Crippen molar-refractivity contribution in [1.29, 1.82) is 0 Å². The molecular formula is C19H23N3O6S. The highest BCUT2D eigenvalue weighted by Gasteiger charge is 2.14. The quantitative estimate of drug-likeness (QED) is 0.535. The van der Waals surface area contributed by atoms with Crippen LogP contribution < -0.4 is 15.4 Å². The van der Waals surface area contributed by atoms with Gasteiger partial charge in [0.1, 0.15) is 6.61 Å². The van der Waals surface area contributed by atoms with Crippen molar-refractivity contribution in [2.75, 3.05) is 37.5 Å². The van der Waals surface area contributed by atoms with Crippen LogP contribution in [0.15, 0.2) is 53.4 Å². The van der Waals surface area contributed by atoms with Gasteiger partial charge in [-0.05, 0) is 42.5 Å². The third-order valence-electron chi connectivity index (χ3n) is 3.65. The number of amides is 2. The van der Waals surface area contributed by atoms with Gasteiger partial charge in [0, 0.05) is 30.6 Å². The van der Waals surface area contributed by atoms with Crippen LogP contribution in [0, 0.1) is 0 Å². The van der Waals surface area contributed by atoms with Crippen LogP contribution in [-0.4, -0.2) is 47.3 Å². The van der Waals surface area contributed by atoms with E-state index in [0.29, 0.717) is 11.4 Å². The van der Waals surface area contributed by atoms with E-state index in [1.807, 2.05) is 0 Å². The predicted octanol–water partition coefficient (Wildman–Crippen LogP) is 2.43. The molecule has 156 valence electrons. The molecule has 0 aromatic heterocycles. The zero-order valence-electron chi connectivity index (χ0n) is 16.1. The van der Waals surface area contributed by atoms with Crippen LogP contribution in [0.5, 0.6) is 0 Å². The molecule has 0 atom stereocenters. The lowest BCUT2D eigenvalue weighted by atomic mass is 10.2. The summed E-state index contributed by atoms with van der Waals surface area (Å²) >= 11 is 0. The molecule has 9 nitrogen and oxygen atoms in total. The molecule has 0 aliphatic carbocycles. The molecule has 0 spiro atoms. The average molecular weight is 421 g/mol. The Labute approximate surface area is 169 Å². The summed E-state index contributed by atoms with van der Waals surface area (Å²) in [7, 11) is -2.08. The van der Waals surface area contributed by atoms with Crippen molar-refractivity contribution >= 4 is 33.4 Å². The molecule has 0 radical (unpaired) electrons. The first kappa shape index (κ1) is 22.3. The largest absolute Gasteiger partial charge is 0.447 e. The maximum atomic E-state index is 12.4. The minimum absolute atomic E-state index is 0.0779. The summed E-state index contributed by atoms with van der Waals surface area (Å²) in [5.41, 5.74) is 1.18. The predicted molar refractivity (Wildman–Crippen MR) is 109 cm³/mol. The highest BCUT2D eigenvalue weighted by molar-refractivity contribution is 7.89. The molecule has 0 fully saturated rings. The Morgan fingerprint density at radius 2 is 1.62 bits per heavy atom. The van der Waals surface area contributed by atoms with Crippen LogP contribution in [-0.2, 0) is 19.5 Å².